The third-order valence-corrected chi connectivity index (χ3v) is 4.67. The van der Waals surface area contributed by atoms with Gasteiger partial charge in [-0.05, 0) is 51.8 Å². The van der Waals surface area contributed by atoms with Crippen LogP contribution in [0, 0.1) is 9.49 Å². The minimum absolute atomic E-state index is 0.166. The molecule has 2 aromatic rings. The maximum absolute atomic E-state index is 9.82. The summed E-state index contributed by atoms with van der Waals surface area (Å²) in [6, 6.07) is 19.3. The van der Waals surface area contributed by atoms with E-state index >= 15 is 0 Å². The van der Waals surface area contributed by atoms with Crippen molar-refractivity contribution in [2.45, 2.75) is 33.0 Å². The molecule has 0 bridgehead atoms. The molecule has 0 spiro atoms. The molecule has 2 aromatic carbocycles. The van der Waals surface area contributed by atoms with Crippen molar-refractivity contribution in [2.75, 3.05) is 6.61 Å². The van der Waals surface area contributed by atoms with Crippen LogP contribution in [0.15, 0.2) is 54.6 Å². The lowest BCUT2D eigenvalue weighted by Gasteiger charge is -2.33. The third-order valence-electron chi connectivity index (χ3n) is 3.95. The number of hydrogen-bond acceptors (Lipinski definition) is 2. The van der Waals surface area contributed by atoms with Gasteiger partial charge in [0.05, 0.1) is 6.61 Å². The van der Waals surface area contributed by atoms with E-state index in [1.54, 1.807) is 0 Å². The monoisotopic (exact) mass is 409 g/mol. The van der Waals surface area contributed by atoms with Crippen molar-refractivity contribution in [3.8, 4) is 0 Å². The summed E-state index contributed by atoms with van der Waals surface area (Å²) in [4.78, 5) is 2.38. The molecule has 0 radical (unpaired) electrons. The molecule has 118 valence electrons. The van der Waals surface area contributed by atoms with Crippen LogP contribution in [-0.4, -0.2) is 22.7 Å². The van der Waals surface area contributed by atoms with E-state index in [4.69, 9.17) is 0 Å². The maximum atomic E-state index is 9.82. The molecule has 1 atom stereocenters. The van der Waals surface area contributed by atoms with Crippen LogP contribution >= 0.6 is 22.6 Å². The number of rotatable bonds is 7. The van der Waals surface area contributed by atoms with E-state index in [0.717, 1.165) is 13.1 Å². The van der Waals surface area contributed by atoms with Crippen LogP contribution in [0.25, 0.3) is 0 Å². The van der Waals surface area contributed by atoms with Gasteiger partial charge in [-0.3, -0.25) is 4.90 Å². The summed E-state index contributed by atoms with van der Waals surface area (Å²) in [5.74, 6) is 0.414. The molecular weight excluding hydrogens is 385 g/mol. The van der Waals surface area contributed by atoms with Gasteiger partial charge in [0.15, 0.2) is 0 Å². The van der Waals surface area contributed by atoms with Crippen molar-refractivity contribution in [3.63, 3.8) is 0 Å². The van der Waals surface area contributed by atoms with Crippen LogP contribution in [-0.2, 0) is 13.1 Å². The first kappa shape index (κ1) is 17.4. The topological polar surface area (TPSA) is 23.5 Å². The second-order valence-corrected chi connectivity index (χ2v) is 7.26. The van der Waals surface area contributed by atoms with Gasteiger partial charge in [0, 0.05) is 22.7 Å². The predicted octanol–water partition coefficient (Wildman–Crippen LogP) is 4.31. The molecule has 0 saturated heterocycles. The molecule has 0 saturated carbocycles. The van der Waals surface area contributed by atoms with Crippen molar-refractivity contribution in [1.82, 2.24) is 4.90 Å². The van der Waals surface area contributed by atoms with Gasteiger partial charge < -0.3 is 5.11 Å². The number of benzene rings is 2. The molecule has 1 N–H and O–H groups in total. The first-order chi connectivity index (χ1) is 10.6. The van der Waals surface area contributed by atoms with Crippen LogP contribution in [0.2, 0.25) is 0 Å². The lowest BCUT2D eigenvalue weighted by molar-refractivity contribution is 0.0784. The fourth-order valence-electron chi connectivity index (χ4n) is 2.68. The molecule has 1 unspecified atom stereocenters. The van der Waals surface area contributed by atoms with Gasteiger partial charge in [0.25, 0.3) is 0 Å². The SMILES string of the molecule is CC(C)C(CO)N(Cc1ccccc1)Cc1ccc(I)cc1. The van der Waals surface area contributed by atoms with Crippen LogP contribution in [0.3, 0.4) is 0 Å². The minimum Gasteiger partial charge on any atom is -0.395 e. The van der Waals surface area contributed by atoms with Gasteiger partial charge in [-0.2, -0.15) is 0 Å². The molecular formula is C19H24INO. The van der Waals surface area contributed by atoms with Crippen LogP contribution in [0.1, 0.15) is 25.0 Å². The van der Waals surface area contributed by atoms with Crippen molar-refractivity contribution in [3.05, 3.63) is 69.3 Å². The number of aliphatic hydroxyl groups excluding tert-OH is 1. The van der Waals surface area contributed by atoms with Gasteiger partial charge in [-0.25, -0.2) is 0 Å². The Labute approximate surface area is 147 Å². The molecule has 0 aliphatic carbocycles. The zero-order valence-electron chi connectivity index (χ0n) is 13.2. The van der Waals surface area contributed by atoms with Gasteiger partial charge in [-0.15, -0.1) is 0 Å². The number of aliphatic hydroxyl groups is 1. The molecule has 0 aliphatic rings. The third kappa shape index (κ3) is 5.07. The van der Waals surface area contributed by atoms with Crippen molar-refractivity contribution < 1.29 is 5.11 Å². The highest BCUT2D eigenvalue weighted by Crippen LogP contribution is 2.19. The van der Waals surface area contributed by atoms with E-state index in [9.17, 15) is 5.11 Å². The Kier molecular flexibility index (Phi) is 6.86. The minimum atomic E-state index is 0.166. The highest BCUT2D eigenvalue weighted by Gasteiger charge is 2.21. The lowest BCUT2D eigenvalue weighted by Crippen LogP contribution is -2.40. The zero-order valence-corrected chi connectivity index (χ0v) is 15.4. The number of nitrogens with zero attached hydrogens (tertiary/aromatic N) is 1. The fraction of sp³-hybridized carbons (Fsp3) is 0.368. The summed E-state index contributed by atoms with van der Waals surface area (Å²) in [7, 11) is 0. The summed E-state index contributed by atoms with van der Waals surface area (Å²) in [5, 5.41) is 9.82. The molecule has 3 heteroatoms. The number of hydrogen-bond donors (Lipinski definition) is 1. The largest absolute Gasteiger partial charge is 0.395 e. The predicted molar refractivity (Wildman–Crippen MR) is 101 cm³/mol. The van der Waals surface area contributed by atoms with Gasteiger partial charge in [0.2, 0.25) is 0 Å². The van der Waals surface area contributed by atoms with E-state index in [2.05, 4.69) is 89.9 Å². The van der Waals surface area contributed by atoms with Crippen LogP contribution in [0.4, 0.5) is 0 Å². The summed E-state index contributed by atoms with van der Waals surface area (Å²) in [6.45, 7) is 6.25. The molecule has 0 heterocycles. The molecule has 22 heavy (non-hydrogen) atoms. The second kappa shape index (κ2) is 8.65. The van der Waals surface area contributed by atoms with Crippen LogP contribution < -0.4 is 0 Å². The van der Waals surface area contributed by atoms with Crippen LogP contribution in [0.5, 0.6) is 0 Å². The Morgan fingerprint density at radius 3 is 1.95 bits per heavy atom. The van der Waals surface area contributed by atoms with Gasteiger partial charge in [0.1, 0.15) is 0 Å². The Bertz CT molecular complexity index is 553. The first-order valence-electron chi connectivity index (χ1n) is 7.73. The van der Waals surface area contributed by atoms with Gasteiger partial charge >= 0.3 is 0 Å². The Hall–Kier alpha value is -0.910. The van der Waals surface area contributed by atoms with E-state index in [-0.39, 0.29) is 12.6 Å². The van der Waals surface area contributed by atoms with E-state index in [1.807, 2.05) is 6.07 Å². The highest BCUT2D eigenvalue weighted by molar-refractivity contribution is 14.1. The van der Waals surface area contributed by atoms with E-state index < -0.39 is 0 Å². The summed E-state index contributed by atoms with van der Waals surface area (Å²) >= 11 is 2.33. The first-order valence-corrected chi connectivity index (χ1v) is 8.81. The highest BCUT2D eigenvalue weighted by atomic mass is 127. The van der Waals surface area contributed by atoms with E-state index in [0.29, 0.717) is 5.92 Å². The average molecular weight is 409 g/mol. The average Bonchev–Trinajstić information content (AvgIpc) is 2.51. The fourth-order valence-corrected chi connectivity index (χ4v) is 3.04. The molecule has 0 aromatic heterocycles. The van der Waals surface area contributed by atoms with Gasteiger partial charge in [-0.1, -0.05) is 56.3 Å². The molecule has 0 aliphatic heterocycles. The quantitative estimate of drug-likeness (QED) is 0.689. The number of halogens is 1. The zero-order chi connectivity index (χ0) is 15.9. The lowest BCUT2D eigenvalue weighted by atomic mass is 10.0. The maximum Gasteiger partial charge on any atom is 0.0589 e. The van der Waals surface area contributed by atoms with E-state index in [1.165, 1.54) is 14.7 Å². The normalized spacial score (nSPS) is 12.8. The molecule has 0 amide bonds. The second-order valence-electron chi connectivity index (χ2n) is 6.01. The standard InChI is InChI=1S/C19H24INO/c1-15(2)19(14-22)21(12-16-6-4-3-5-7-16)13-17-8-10-18(20)11-9-17/h3-11,15,19,22H,12-14H2,1-2H3. The molecule has 2 nitrogen and oxygen atoms in total. The molecule has 0 fully saturated rings. The van der Waals surface area contributed by atoms with Crippen molar-refractivity contribution >= 4 is 22.6 Å². The Balaban J connectivity index is 2.18. The Morgan fingerprint density at radius 1 is 0.909 bits per heavy atom. The van der Waals surface area contributed by atoms with Crippen molar-refractivity contribution in [2.24, 2.45) is 5.92 Å². The summed E-state index contributed by atoms with van der Waals surface area (Å²) in [6.07, 6.45) is 0. The molecule has 2 rings (SSSR count). The van der Waals surface area contributed by atoms with Crippen molar-refractivity contribution in [1.29, 1.82) is 0 Å². The summed E-state index contributed by atoms with van der Waals surface area (Å²) < 4.78 is 1.25. The summed E-state index contributed by atoms with van der Waals surface area (Å²) in [5.41, 5.74) is 2.57. The smallest absolute Gasteiger partial charge is 0.0589 e. The Morgan fingerprint density at radius 2 is 1.45 bits per heavy atom.